The second-order valence-electron chi connectivity index (χ2n) is 6.10. The molecular weight excluding hydrogens is 220 g/mol. The van der Waals surface area contributed by atoms with Crippen molar-refractivity contribution in [1.29, 1.82) is 0 Å². The first-order valence-corrected chi connectivity index (χ1v) is 7.23. The molecule has 0 radical (unpaired) electrons. The standard InChI is InChI=1S/C16H24N2/c1-16(17-2)9-11-18(12-10-16)15-8-7-13-5-3-4-6-14(13)15/h3-6,15,17H,7-12H2,1-2H3. The van der Waals surface area contributed by atoms with Gasteiger partial charge in [0.25, 0.3) is 0 Å². The summed E-state index contributed by atoms with van der Waals surface area (Å²) in [5, 5.41) is 3.48. The van der Waals surface area contributed by atoms with Crippen molar-refractivity contribution in [3.8, 4) is 0 Å². The summed E-state index contributed by atoms with van der Waals surface area (Å²) in [5.41, 5.74) is 3.52. The van der Waals surface area contributed by atoms with Gasteiger partial charge in [0.2, 0.25) is 0 Å². The molecule has 2 nitrogen and oxygen atoms in total. The molecule has 3 rings (SSSR count). The molecule has 0 spiro atoms. The van der Waals surface area contributed by atoms with E-state index in [0.29, 0.717) is 11.6 Å². The monoisotopic (exact) mass is 244 g/mol. The van der Waals surface area contributed by atoms with Crippen LogP contribution in [0.5, 0.6) is 0 Å². The van der Waals surface area contributed by atoms with Gasteiger partial charge in [0.1, 0.15) is 0 Å². The number of hydrogen-bond acceptors (Lipinski definition) is 2. The highest BCUT2D eigenvalue weighted by Gasteiger charge is 2.34. The highest BCUT2D eigenvalue weighted by Crippen LogP contribution is 2.37. The summed E-state index contributed by atoms with van der Waals surface area (Å²) >= 11 is 0. The van der Waals surface area contributed by atoms with Crippen LogP contribution in [0.4, 0.5) is 0 Å². The number of hydrogen-bond donors (Lipinski definition) is 1. The summed E-state index contributed by atoms with van der Waals surface area (Å²) in [6.45, 7) is 4.82. The Hall–Kier alpha value is -0.860. The number of aryl methyl sites for hydroxylation is 1. The molecule has 1 fully saturated rings. The van der Waals surface area contributed by atoms with Crippen LogP contribution in [0.1, 0.15) is 43.4 Å². The Morgan fingerprint density at radius 1 is 1.22 bits per heavy atom. The zero-order chi connectivity index (χ0) is 12.6. The third-order valence-corrected chi connectivity index (χ3v) is 5.05. The highest BCUT2D eigenvalue weighted by atomic mass is 15.2. The SMILES string of the molecule is CNC1(C)CCN(C2CCc3ccccc32)CC1. The first-order chi connectivity index (χ1) is 8.72. The van der Waals surface area contributed by atoms with Crippen molar-refractivity contribution < 1.29 is 0 Å². The average molecular weight is 244 g/mol. The maximum Gasteiger partial charge on any atom is 0.0354 e. The molecule has 1 N–H and O–H groups in total. The van der Waals surface area contributed by atoms with Gasteiger partial charge in [-0.2, -0.15) is 0 Å². The lowest BCUT2D eigenvalue weighted by atomic mass is 9.88. The zero-order valence-corrected chi connectivity index (χ0v) is 11.6. The molecule has 1 aliphatic carbocycles. The third kappa shape index (κ3) is 2.08. The van der Waals surface area contributed by atoms with Gasteiger partial charge in [0.05, 0.1) is 0 Å². The summed E-state index contributed by atoms with van der Waals surface area (Å²) in [6.07, 6.45) is 5.11. The smallest absolute Gasteiger partial charge is 0.0354 e. The summed E-state index contributed by atoms with van der Waals surface area (Å²) in [6, 6.07) is 9.69. The molecule has 1 aromatic rings. The molecule has 1 aliphatic heterocycles. The number of rotatable bonds is 2. The van der Waals surface area contributed by atoms with E-state index < -0.39 is 0 Å². The first kappa shape index (κ1) is 12.2. The van der Waals surface area contributed by atoms with Crippen LogP contribution in [0.15, 0.2) is 24.3 Å². The van der Waals surface area contributed by atoms with Crippen LogP contribution >= 0.6 is 0 Å². The molecule has 1 atom stereocenters. The van der Waals surface area contributed by atoms with Crippen molar-refractivity contribution in [2.75, 3.05) is 20.1 Å². The molecule has 1 aromatic carbocycles. The fourth-order valence-corrected chi connectivity index (χ4v) is 3.49. The molecule has 1 unspecified atom stereocenters. The summed E-state index contributed by atoms with van der Waals surface area (Å²) in [5.74, 6) is 0. The quantitative estimate of drug-likeness (QED) is 0.860. The van der Waals surface area contributed by atoms with E-state index in [-0.39, 0.29) is 0 Å². The van der Waals surface area contributed by atoms with Crippen molar-refractivity contribution in [3.05, 3.63) is 35.4 Å². The molecule has 0 aromatic heterocycles. The fraction of sp³-hybridized carbons (Fsp3) is 0.625. The number of benzene rings is 1. The predicted octanol–water partition coefficient (Wildman–Crippen LogP) is 2.75. The fourth-order valence-electron chi connectivity index (χ4n) is 3.49. The van der Waals surface area contributed by atoms with E-state index >= 15 is 0 Å². The molecule has 1 heterocycles. The lowest BCUT2D eigenvalue weighted by molar-refractivity contribution is 0.110. The molecule has 2 aliphatic rings. The average Bonchev–Trinajstić information content (AvgIpc) is 2.84. The second-order valence-corrected chi connectivity index (χ2v) is 6.10. The minimum atomic E-state index is 0.356. The summed E-state index contributed by atoms with van der Waals surface area (Å²) in [7, 11) is 2.10. The Morgan fingerprint density at radius 2 is 1.94 bits per heavy atom. The van der Waals surface area contributed by atoms with Gasteiger partial charge in [-0.15, -0.1) is 0 Å². The third-order valence-electron chi connectivity index (χ3n) is 5.05. The first-order valence-electron chi connectivity index (χ1n) is 7.23. The zero-order valence-electron chi connectivity index (χ0n) is 11.6. The second kappa shape index (κ2) is 4.67. The van der Waals surface area contributed by atoms with Crippen molar-refractivity contribution >= 4 is 0 Å². The Balaban J connectivity index is 1.72. The van der Waals surface area contributed by atoms with Crippen LogP contribution < -0.4 is 5.32 Å². The van der Waals surface area contributed by atoms with Gasteiger partial charge in [-0.1, -0.05) is 24.3 Å². The normalized spacial score (nSPS) is 27.1. The van der Waals surface area contributed by atoms with Gasteiger partial charge in [0.15, 0.2) is 0 Å². The Morgan fingerprint density at radius 3 is 2.67 bits per heavy atom. The van der Waals surface area contributed by atoms with E-state index in [4.69, 9.17) is 0 Å². The predicted molar refractivity (Wildman–Crippen MR) is 75.8 cm³/mol. The van der Waals surface area contributed by atoms with Gasteiger partial charge >= 0.3 is 0 Å². The largest absolute Gasteiger partial charge is 0.314 e. The van der Waals surface area contributed by atoms with Gasteiger partial charge in [0, 0.05) is 24.7 Å². The lowest BCUT2D eigenvalue weighted by Crippen LogP contribution is -2.50. The lowest BCUT2D eigenvalue weighted by Gasteiger charge is -2.42. The minimum absolute atomic E-state index is 0.356. The number of fused-ring (bicyclic) bond motifs is 1. The molecular formula is C16H24N2. The molecule has 0 saturated carbocycles. The maximum absolute atomic E-state index is 3.48. The van der Waals surface area contributed by atoms with Crippen LogP contribution in [-0.4, -0.2) is 30.6 Å². The Kier molecular flexibility index (Phi) is 3.16. The minimum Gasteiger partial charge on any atom is -0.314 e. The van der Waals surface area contributed by atoms with Crippen LogP contribution in [0.2, 0.25) is 0 Å². The van der Waals surface area contributed by atoms with Gasteiger partial charge in [-0.05, 0) is 50.8 Å². The molecule has 0 amide bonds. The summed E-state index contributed by atoms with van der Waals surface area (Å²) < 4.78 is 0. The van der Waals surface area contributed by atoms with E-state index in [1.54, 1.807) is 11.1 Å². The molecule has 0 bridgehead atoms. The van der Waals surface area contributed by atoms with E-state index in [0.717, 1.165) is 0 Å². The van der Waals surface area contributed by atoms with Crippen molar-refractivity contribution in [1.82, 2.24) is 10.2 Å². The van der Waals surface area contributed by atoms with E-state index in [1.807, 2.05) is 0 Å². The van der Waals surface area contributed by atoms with Crippen LogP contribution in [0.25, 0.3) is 0 Å². The van der Waals surface area contributed by atoms with Crippen molar-refractivity contribution in [2.24, 2.45) is 0 Å². The topological polar surface area (TPSA) is 15.3 Å². The highest BCUT2D eigenvalue weighted by molar-refractivity contribution is 5.34. The summed E-state index contributed by atoms with van der Waals surface area (Å²) in [4.78, 5) is 2.70. The van der Waals surface area contributed by atoms with E-state index in [1.165, 1.54) is 38.8 Å². The molecule has 18 heavy (non-hydrogen) atoms. The maximum atomic E-state index is 3.48. The van der Waals surface area contributed by atoms with Crippen molar-refractivity contribution in [3.63, 3.8) is 0 Å². The van der Waals surface area contributed by atoms with Gasteiger partial charge in [-0.25, -0.2) is 0 Å². The Bertz CT molecular complexity index is 419. The van der Waals surface area contributed by atoms with Gasteiger partial charge in [-0.3, -0.25) is 4.90 Å². The van der Waals surface area contributed by atoms with Crippen LogP contribution in [0, 0.1) is 0 Å². The number of likely N-dealkylation sites (tertiary alicyclic amines) is 1. The van der Waals surface area contributed by atoms with Crippen LogP contribution in [0.3, 0.4) is 0 Å². The molecule has 1 saturated heterocycles. The van der Waals surface area contributed by atoms with E-state index in [2.05, 4.69) is 48.5 Å². The van der Waals surface area contributed by atoms with E-state index in [9.17, 15) is 0 Å². The van der Waals surface area contributed by atoms with Crippen LogP contribution in [-0.2, 0) is 6.42 Å². The number of piperidine rings is 1. The number of nitrogens with one attached hydrogen (secondary N) is 1. The number of nitrogens with zero attached hydrogens (tertiary/aromatic N) is 1. The molecule has 98 valence electrons. The van der Waals surface area contributed by atoms with Gasteiger partial charge < -0.3 is 5.32 Å². The van der Waals surface area contributed by atoms with Crippen molar-refractivity contribution in [2.45, 2.75) is 44.2 Å². The Labute approximate surface area is 110 Å². The molecule has 2 heteroatoms.